The minimum atomic E-state index is -0.0685. The maximum atomic E-state index is 12.3. The van der Waals surface area contributed by atoms with Crippen molar-refractivity contribution < 1.29 is 9.53 Å². The van der Waals surface area contributed by atoms with Crippen molar-refractivity contribution in [2.45, 2.75) is 18.9 Å². The Bertz CT molecular complexity index is 648. The monoisotopic (exact) mass is 400 g/mol. The van der Waals surface area contributed by atoms with Crippen LogP contribution in [0.25, 0.3) is 10.9 Å². The van der Waals surface area contributed by atoms with Crippen molar-refractivity contribution in [1.82, 2.24) is 10.3 Å². The van der Waals surface area contributed by atoms with Crippen molar-refractivity contribution in [1.29, 1.82) is 0 Å². The molecule has 4 nitrogen and oxygen atoms in total. The molecule has 2 aromatic rings. The van der Waals surface area contributed by atoms with Gasteiger partial charge in [-0.2, -0.15) is 0 Å². The first-order valence-corrected chi connectivity index (χ1v) is 8.09. The number of aromatic nitrogens is 1. The summed E-state index contributed by atoms with van der Waals surface area (Å²) in [6, 6.07) is 3.90. The second-order valence-corrected chi connectivity index (χ2v) is 6.57. The summed E-state index contributed by atoms with van der Waals surface area (Å²) in [6.07, 6.45) is 4.00. The van der Waals surface area contributed by atoms with Gasteiger partial charge in [0, 0.05) is 39.2 Å². The summed E-state index contributed by atoms with van der Waals surface area (Å²) in [5, 5.41) is 3.85. The molecule has 0 saturated carbocycles. The molecule has 6 heteroatoms. The highest BCUT2D eigenvalue weighted by atomic mass is 79.9. The molecule has 0 spiro atoms. The quantitative estimate of drug-likeness (QED) is 0.825. The number of amides is 1. The molecule has 3 rings (SSSR count). The third-order valence-corrected chi connectivity index (χ3v) is 5.33. The number of fused-ring (bicyclic) bond motifs is 1. The number of ether oxygens (including phenoxy) is 1. The number of hydrogen-bond donors (Lipinski definition) is 2. The summed E-state index contributed by atoms with van der Waals surface area (Å²) in [5.74, 6) is -0.0685. The van der Waals surface area contributed by atoms with Crippen LogP contribution in [0.15, 0.2) is 27.3 Å². The van der Waals surface area contributed by atoms with Crippen LogP contribution in [-0.4, -0.2) is 30.1 Å². The lowest BCUT2D eigenvalue weighted by atomic mass is 10.1. The summed E-state index contributed by atoms with van der Waals surface area (Å²) in [5.41, 5.74) is 1.59. The van der Waals surface area contributed by atoms with Gasteiger partial charge in [0.25, 0.3) is 5.91 Å². The first-order chi connectivity index (χ1) is 9.65. The SMILES string of the molecule is O=C(NC[C@H]1CCCO1)c1c[nH]c2cc(Br)c(Br)cc12. The third-order valence-electron chi connectivity index (χ3n) is 3.48. The van der Waals surface area contributed by atoms with Crippen LogP contribution >= 0.6 is 31.9 Å². The van der Waals surface area contributed by atoms with E-state index in [1.54, 1.807) is 6.20 Å². The Kier molecular flexibility index (Phi) is 4.14. The van der Waals surface area contributed by atoms with E-state index >= 15 is 0 Å². The zero-order chi connectivity index (χ0) is 14.1. The molecule has 1 saturated heterocycles. The number of benzene rings is 1. The topological polar surface area (TPSA) is 54.1 Å². The van der Waals surface area contributed by atoms with Gasteiger partial charge in [0.05, 0.1) is 11.7 Å². The molecule has 2 heterocycles. The van der Waals surface area contributed by atoms with E-state index in [1.165, 1.54) is 0 Å². The molecule has 1 atom stereocenters. The molecule has 0 aliphatic carbocycles. The number of hydrogen-bond acceptors (Lipinski definition) is 2. The Labute approximate surface area is 133 Å². The predicted octanol–water partition coefficient (Wildman–Crippen LogP) is 3.60. The average molecular weight is 402 g/mol. The summed E-state index contributed by atoms with van der Waals surface area (Å²) in [6.45, 7) is 1.37. The smallest absolute Gasteiger partial charge is 0.253 e. The predicted molar refractivity (Wildman–Crippen MR) is 85.0 cm³/mol. The first kappa shape index (κ1) is 14.1. The maximum absolute atomic E-state index is 12.3. The summed E-state index contributed by atoms with van der Waals surface area (Å²) in [4.78, 5) is 15.4. The van der Waals surface area contributed by atoms with Crippen LogP contribution in [0, 0.1) is 0 Å². The minimum Gasteiger partial charge on any atom is -0.376 e. The van der Waals surface area contributed by atoms with Gasteiger partial charge < -0.3 is 15.0 Å². The van der Waals surface area contributed by atoms with Crippen LogP contribution in [0.5, 0.6) is 0 Å². The molecule has 106 valence electrons. The number of nitrogens with one attached hydrogen (secondary N) is 2. The highest BCUT2D eigenvalue weighted by Gasteiger charge is 2.18. The summed E-state index contributed by atoms with van der Waals surface area (Å²) in [7, 11) is 0. The van der Waals surface area contributed by atoms with Gasteiger partial charge >= 0.3 is 0 Å². The Morgan fingerprint density at radius 3 is 2.95 bits per heavy atom. The van der Waals surface area contributed by atoms with E-state index in [9.17, 15) is 4.79 Å². The van der Waals surface area contributed by atoms with E-state index in [1.807, 2.05) is 12.1 Å². The van der Waals surface area contributed by atoms with Crippen molar-refractivity contribution >= 4 is 48.7 Å². The largest absolute Gasteiger partial charge is 0.376 e. The van der Waals surface area contributed by atoms with Crippen molar-refractivity contribution in [3.8, 4) is 0 Å². The van der Waals surface area contributed by atoms with Crippen LogP contribution < -0.4 is 5.32 Å². The van der Waals surface area contributed by atoms with Gasteiger partial charge in [0.2, 0.25) is 0 Å². The molecular weight excluding hydrogens is 388 g/mol. The van der Waals surface area contributed by atoms with E-state index in [0.717, 1.165) is 39.3 Å². The van der Waals surface area contributed by atoms with Crippen LogP contribution in [0.2, 0.25) is 0 Å². The molecule has 0 radical (unpaired) electrons. The molecular formula is C14H14Br2N2O2. The summed E-state index contributed by atoms with van der Waals surface area (Å²) >= 11 is 6.92. The molecule has 0 unspecified atom stereocenters. The normalized spacial score (nSPS) is 18.6. The molecule has 1 fully saturated rings. The Morgan fingerprint density at radius 1 is 1.40 bits per heavy atom. The molecule has 1 aliphatic heterocycles. The van der Waals surface area contributed by atoms with Crippen LogP contribution in [0.1, 0.15) is 23.2 Å². The zero-order valence-electron chi connectivity index (χ0n) is 10.7. The molecule has 0 bridgehead atoms. The van der Waals surface area contributed by atoms with Crippen LogP contribution in [0.3, 0.4) is 0 Å². The van der Waals surface area contributed by atoms with Crippen molar-refractivity contribution in [2.24, 2.45) is 0 Å². The van der Waals surface area contributed by atoms with E-state index in [0.29, 0.717) is 12.1 Å². The highest BCUT2D eigenvalue weighted by Crippen LogP contribution is 2.30. The molecule has 1 aromatic heterocycles. The number of carbonyl (C=O) groups is 1. The highest BCUT2D eigenvalue weighted by molar-refractivity contribution is 9.13. The van der Waals surface area contributed by atoms with Gasteiger partial charge in [0.15, 0.2) is 0 Å². The molecule has 1 aromatic carbocycles. The Hall–Kier alpha value is -0.850. The first-order valence-electron chi connectivity index (χ1n) is 6.51. The van der Waals surface area contributed by atoms with E-state index in [-0.39, 0.29) is 12.0 Å². The van der Waals surface area contributed by atoms with Gasteiger partial charge in [0.1, 0.15) is 0 Å². The number of H-pyrrole nitrogens is 1. The standard InChI is InChI=1S/C14H14Br2N2O2/c15-11-4-9-10(7-17-13(9)5-12(11)16)14(19)18-6-8-2-1-3-20-8/h4-5,7-8,17H,1-3,6H2,(H,18,19)/t8-/m1/s1. The minimum absolute atomic E-state index is 0.0685. The van der Waals surface area contributed by atoms with Crippen LogP contribution in [0.4, 0.5) is 0 Å². The Morgan fingerprint density at radius 2 is 2.20 bits per heavy atom. The van der Waals surface area contributed by atoms with Gasteiger partial charge in [-0.25, -0.2) is 0 Å². The number of rotatable bonds is 3. The lowest BCUT2D eigenvalue weighted by Crippen LogP contribution is -2.31. The molecule has 2 N–H and O–H groups in total. The van der Waals surface area contributed by atoms with E-state index in [4.69, 9.17) is 4.74 Å². The fourth-order valence-corrected chi connectivity index (χ4v) is 3.10. The third kappa shape index (κ3) is 2.77. The lowest BCUT2D eigenvalue weighted by molar-refractivity contribution is 0.0859. The molecule has 20 heavy (non-hydrogen) atoms. The maximum Gasteiger partial charge on any atom is 0.253 e. The molecule has 1 amide bonds. The van der Waals surface area contributed by atoms with Crippen molar-refractivity contribution in [3.63, 3.8) is 0 Å². The lowest BCUT2D eigenvalue weighted by Gasteiger charge is -2.10. The second-order valence-electron chi connectivity index (χ2n) is 4.86. The van der Waals surface area contributed by atoms with E-state index < -0.39 is 0 Å². The summed E-state index contributed by atoms with van der Waals surface area (Å²) < 4.78 is 7.39. The second kappa shape index (κ2) is 5.87. The fourth-order valence-electron chi connectivity index (χ4n) is 2.41. The number of carbonyl (C=O) groups excluding carboxylic acids is 1. The number of halogens is 2. The van der Waals surface area contributed by atoms with Gasteiger partial charge in [-0.3, -0.25) is 4.79 Å². The fraction of sp³-hybridized carbons (Fsp3) is 0.357. The van der Waals surface area contributed by atoms with Gasteiger partial charge in [-0.05, 0) is 56.8 Å². The molecule has 1 aliphatic rings. The van der Waals surface area contributed by atoms with Crippen molar-refractivity contribution in [2.75, 3.05) is 13.2 Å². The average Bonchev–Trinajstić information content (AvgIpc) is 3.06. The van der Waals surface area contributed by atoms with Crippen LogP contribution in [-0.2, 0) is 4.74 Å². The zero-order valence-corrected chi connectivity index (χ0v) is 13.9. The van der Waals surface area contributed by atoms with E-state index in [2.05, 4.69) is 42.2 Å². The van der Waals surface area contributed by atoms with Gasteiger partial charge in [-0.15, -0.1) is 0 Å². The Balaban J connectivity index is 1.78. The van der Waals surface area contributed by atoms with Crippen molar-refractivity contribution in [3.05, 3.63) is 32.8 Å². The number of aromatic amines is 1. The van der Waals surface area contributed by atoms with Gasteiger partial charge in [-0.1, -0.05) is 0 Å².